The van der Waals surface area contributed by atoms with Gasteiger partial charge in [0.05, 0.1) is 16.7 Å². The van der Waals surface area contributed by atoms with E-state index in [1.165, 1.54) is 0 Å². The van der Waals surface area contributed by atoms with E-state index in [2.05, 4.69) is 63.7 Å². The van der Waals surface area contributed by atoms with Gasteiger partial charge in [0.2, 0.25) is 0 Å². The van der Waals surface area contributed by atoms with Crippen LogP contribution < -0.4 is 16.0 Å². The normalized spacial score (nSPS) is 18.2. The van der Waals surface area contributed by atoms with Crippen LogP contribution in [0.25, 0.3) is 0 Å². The zero-order valence-corrected chi connectivity index (χ0v) is 30.1. The molecule has 18 nitrogen and oxygen atoms in total. The van der Waals surface area contributed by atoms with Gasteiger partial charge in [-0.15, -0.1) is 0 Å². The van der Waals surface area contributed by atoms with Gasteiger partial charge in [0.15, 0.2) is 52.6 Å². The Morgan fingerprint density at radius 1 is 0.490 bits per heavy atom. The lowest BCUT2D eigenvalue weighted by Crippen LogP contribution is -2.52. The van der Waals surface area contributed by atoms with Crippen molar-refractivity contribution in [1.29, 1.82) is 0 Å². The molecule has 1 fully saturated rings. The summed E-state index contributed by atoms with van der Waals surface area (Å²) in [7, 11) is 0. The van der Waals surface area contributed by atoms with Gasteiger partial charge >= 0.3 is 17.9 Å². The number of ether oxygens (including phenoxy) is 3. The van der Waals surface area contributed by atoms with E-state index in [1.54, 1.807) is 0 Å². The molecule has 4 rings (SSSR count). The second kappa shape index (κ2) is 16.2. The van der Waals surface area contributed by atoms with Crippen molar-refractivity contribution in [2.45, 2.75) is 18.1 Å². The number of phenolic OH excluding ortho intramolecular Hbond substituents is 6. The van der Waals surface area contributed by atoms with Gasteiger partial charge in [0.25, 0.3) is 17.7 Å². The molecule has 0 aromatic heterocycles. The minimum Gasteiger partial charge on any atom is -0.504 e. The molecule has 3 amide bonds. The van der Waals surface area contributed by atoms with Crippen LogP contribution in [0.4, 0.5) is 0 Å². The van der Waals surface area contributed by atoms with E-state index in [0.717, 1.165) is 36.4 Å². The number of carbonyl (C=O) groups is 6. The van der Waals surface area contributed by atoms with Crippen molar-refractivity contribution >= 4 is 83.4 Å². The molecule has 0 aliphatic carbocycles. The van der Waals surface area contributed by atoms with Crippen LogP contribution in [0.3, 0.4) is 0 Å². The number of cyclic esters (lactones) is 3. The first-order valence-corrected chi connectivity index (χ1v) is 16.4. The Kier molecular flexibility index (Phi) is 12.2. The van der Waals surface area contributed by atoms with Gasteiger partial charge < -0.3 is 60.8 Å². The van der Waals surface area contributed by atoms with Gasteiger partial charge in [-0.3, -0.25) is 14.4 Å². The third kappa shape index (κ3) is 9.29. The number of amides is 3. The molecule has 3 aromatic rings. The van der Waals surface area contributed by atoms with E-state index >= 15 is 0 Å². The van der Waals surface area contributed by atoms with Crippen molar-refractivity contribution < 1.29 is 73.6 Å². The highest BCUT2D eigenvalue weighted by atomic mass is 79.9. The maximum absolute atomic E-state index is 13.2. The first kappa shape index (κ1) is 38.5. The van der Waals surface area contributed by atoms with E-state index in [9.17, 15) is 59.4 Å². The van der Waals surface area contributed by atoms with Crippen LogP contribution in [0, 0.1) is 0 Å². The number of aromatic hydroxyl groups is 6. The summed E-state index contributed by atoms with van der Waals surface area (Å²) in [5.41, 5.74) is -1.58. The van der Waals surface area contributed by atoms with E-state index in [0.29, 0.717) is 0 Å². The van der Waals surface area contributed by atoms with Gasteiger partial charge in [0.1, 0.15) is 19.8 Å². The first-order valence-electron chi connectivity index (χ1n) is 14.0. The Balaban J connectivity index is 1.66. The fraction of sp³-hybridized carbons (Fsp3) is 0.200. The third-order valence-corrected chi connectivity index (χ3v) is 8.22. The molecule has 1 aliphatic rings. The lowest BCUT2D eigenvalue weighted by Gasteiger charge is -2.25. The Morgan fingerprint density at radius 2 is 0.725 bits per heavy atom. The van der Waals surface area contributed by atoms with Crippen molar-refractivity contribution in [1.82, 2.24) is 16.0 Å². The molecule has 1 heterocycles. The van der Waals surface area contributed by atoms with Gasteiger partial charge in [-0.25, -0.2) is 14.4 Å². The average Bonchev–Trinajstić information content (AvgIpc) is 3.06. The zero-order valence-electron chi connectivity index (χ0n) is 25.3. The minimum absolute atomic E-state index is 0.154. The maximum atomic E-state index is 13.2. The molecule has 51 heavy (non-hydrogen) atoms. The quantitative estimate of drug-likeness (QED) is 0.0964. The zero-order chi connectivity index (χ0) is 37.7. The van der Waals surface area contributed by atoms with Crippen molar-refractivity contribution in [3.63, 3.8) is 0 Å². The summed E-state index contributed by atoms with van der Waals surface area (Å²) in [4.78, 5) is 78.8. The fourth-order valence-electron chi connectivity index (χ4n) is 4.29. The fourth-order valence-corrected chi connectivity index (χ4v) is 5.62. The number of esters is 3. The number of halogens is 3. The van der Waals surface area contributed by atoms with Gasteiger partial charge in [-0.1, -0.05) is 47.8 Å². The van der Waals surface area contributed by atoms with Gasteiger partial charge in [-0.05, 0) is 36.4 Å². The van der Waals surface area contributed by atoms with Crippen LogP contribution in [-0.4, -0.2) is 104 Å². The highest BCUT2D eigenvalue weighted by Gasteiger charge is 2.35. The molecule has 0 saturated carbocycles. The maximum Gasteiger partial charge on any atom is 0.332 e. The van der Waals surface area contributed by atoms with Crippen LogP contribution >= 0.6 is 47.8 Å². The highest BCUT2D eigenvalue weighted by molar-refractivity contribution is 9.11. The van der Waals surface area contributed by atoms with E-state index < -0.39 is 125 Å². The topological polar surface area (TPSA) is 288 Å². The lowest BCUT2D eigenvalue weighted by molar-refractivity contribution is -0.160. The standard InChI is InChI=1S/C30H24Br3N3O15/c31-10-1-13(22(40)19(37)4-10)25(43)34-16-7-49-29(47)18(36-27(45)15-3-12(33)6-21(39)24(15)42)9-51-30(48)17(8-50-28(16)46)35-26(44)14-2-11(32)5-20(38)23(14)41/h1-6,16-18,37-42H,7-9H2,(H,34,43)(H,35,44)(H,36,45). The highest BCUT2D eigenvalue weighted by Crippen LogP contribution is 2.34. The molecule has 3 atom stereocenters. The molecule has 9 N–H and O–H groups in total. The third-order valence-electron chi connectivity index (χ3n) is 6.84. The number of hydrogen-bond acceptors (Lipinski definition) is 15. The summed E-state index contributed by atoms with van der Waals surface area (Å²) in [6.45, 7) is -2.93. The summed E-state index contributed by atoms with van der Waals surface area (Å²) < 4.78 is 15.9. The number of phenols is 6. The molecule has 0 radical (unpaired) electrons. The van der Waals surface area contributed by atoms with Gasteiger partial charge in [0, 0.05) is 13.4 Å². The first-order chi connectivity index (χ1) is 24.0. The van der Waals surface area contributed by atoms with Crippen LogP contribution in [0.1, 0.15) is 31.1 Å². The SMILES string of the molecule is O=C(NC1COC(=O)C(NC(=O)c2cc(Br)cc(O)c2O)COC(=O)C(NC(=O)c2cc(Br)cc(O)c2O)COC1=O)c1cc(Br)cc(O)c1O. The van der Waals surface area contributed by atoms with Crippen LogP contribution in [0.5, 0.6) is 34.5 Å². The molecule has 3 unspecified atom stereocenters. The molecule has 270 valence electrons. The van der Waals surface area contributed by atoms with Gasteiger partial charge in [-0.2, -0.15) is 0 Å². The Bertz CT molecular complexity index is 1720. The number of rotatable bonds is 6. The lowest BCUT2D eigenvalue weighted by atomic mass is 10.1. The second-order valence-electron chi connectivity index (χ2n) is 10.4. The molecular formula is C30H24Br3N3O15. The molecular weight excluding hydrogens is 882 g/mol. The van der Waals surface area contributed by atoms with Crippen molar-refractivity contribution in [3.05, 3.63) is 66.5 Å². The Hall–Kier alpha value is -5.28. The van der Waals surface area contributed by atoms with Crippen LogP contribution in [-0.2, 0) is 28.6 Å². The Labute approximate surface area is 310 Å². The molecule has 21 heteroatoms. The number of nitrogens with one attached hydrogen (secondary N) is 3. The summed E-state index contributed by atoms with van der Waals surface area (Å²) in [6.07, 6.45) is 0. The summed E-state index contributed by atoms with van der Waals surface area (Å²) in [6, 6.07) is 0.879. The molecule has 0 bridgehead atoms. The minimum atomic E-state index is -1.87. The van der Waals surface area contributed by atoms with Crippen molar-refractivity contribution in [3.8, 4) is 34.5 Å². The summed E-state index contributed by atoms with van der Waals surface area (Å²) in [5.74, 6) is -12.3. The second-order valence-corrected chi connectivity index (χ2v) is 13.2. The average molecular weight is 906 g/mol. The number of carbonyl (C=O) groups excluding carboxylic acids is 6. The number of benzene rings is 3. The molecule has 1 aliphatic heterocycles. The van der Waals surface area contributed by atoms with Crippen molar-refractivity contribution in [2.24, 2.45) is 0 Å². The summed E-state index contributed by atoms with van der Waals surface area (Å²) >= 11 is 9.14. The van der Waals surface area contributed by atoms with Crippen molar-refractivity contribution in [2.75, 3.05) is 19.8 Å². The number of hydrogen-bond donors (Lipinski definition) is 9. The molecule has 3 aromatic carbocycles. The molecule has 0 spiro atoms. The monoisotopic (exact) mass is 903 g/mol. The van der Waals surface area contributed by atoms with E-state index in [1.807, 2.05) is 0 Å². The largest absolute Gasteiger partial charge is 0.504 e. The van der Waals surface area contributed by atoms with Crippen LogP contribution in [0.2, 0.25) is 0 Å². The predicted octanol–water partition coefficient (Wildman–Crippen LogP) is 1.55. The van der Waals surface area contributed by atoms with E-state index in [4.69, 9.17) is 14.2 Å². The Morgan fingerprint density at radius 3 is 0.961 bits per heavy atom. The van der Waals surface area contributed by atoms with E-state index in [-0.39, 0.29) is 13.4 Å². The van der Waals surface area contributed by atoms with Crippen LogP contribution in [0.15, 0.2) is 49.8 Å². The molecule has 1 saturated heterocycles. The smallest absolute Gasteiger partial charge is 0.332 e. The predicted molar refractivity (Wildman–Crippen MR) is 179 cm³/mol. The summed E-state index contributed by atoms with van der Waals surface area (Å²) in [5, 5.41) is 66.9.